The van der Waals surface area contributed by atoms with Gasteiger partial charge in [-0.25, -0.2) is 0 Å². The lowest BCUT2D eigenvalue weighted by molar-refractivity contribution is 0.0958. The molecular formula is C16H24O2S. The van der Waals surface area contributed by atoms with Crippen molar-refractivity contribution in [3.8, 4) is 11.4 Å². The third-order valence-electron chi connectivity index (χ3n) is 3.38. The number of ether oxygens (including phenoxy) is 1. The molecule has 1 unspecified atom stereocenters. The molecule has 0 bridgehead atoms. The summed E-state index contributed by atoms with van der Waals surface area (Å²) in [4.78, 5) is 12.6. The van der Waals surface area contributed by atoms with Gasteiger partial charge in [-0.1, -0.05) is 13.3 Å². The minimum atomic E-state index is -0.785. The minimum Gasteiger partial charge on any atom is -0.497 e. The van der Waals surface area contributed by atoms with Gasteiger partial charge in [0, 0.05) is 5.56 Å². The molecule has 19 heavy (non-hydrogen) atoms. The average molecular weight is 280 g/mol. The molecule has 0 spiro atoms. The van der Waals surface area contributed by atoms with Gasteiger partial charge in [0.15, 0.2) is 5.78 Å². The number of ketones is 1. The molecule has 0 heterocycles. The van der Waals surface area contributed by atoms with Crippen molar-refractivity contribution in [2.45, 2.75) is 38.4 Å². The first kappa shape index (κ1) is 15.9. The highest BCUT2D eigenvalue weighted by atomic mass is 32.2. The summed E-state index contributed by atoms with van der Waals surface area (Å²) in [6.07, 6.45) is 2.20. The zero-order valence-electron chi connectivity index (χ0n) is 12.3. The number of unbranched alkanes of at least 4 members (excludes halogenated alkanes) is 1. The van der Waals surface area contributed by atoms with Crippen LogP contribution in [0.25, 0.3) is 0 Å². The highest BCUT2D eigenvalue weighted by Gasteiger charge is 2.29. The number of hydrogen-bond donors (Lipinski definition) is 1. The van der Waals surface area contributed by atoms with Crippen LogP contribution in [0.5, 0.6) is 5.75 Å². The van der Waals surface area contributed by atoms with E-state index in [9.17, 15) is 4.79 Å². The molecule has 0 amide bonds. The molecule has 1 aromatic rings. The van der Waals surface area contributed by atoms with Crippen LogP contribution in [-0.4, -0.2) is 23.4 Å². The molecule has 0 saturated carbocycles. The first-order valence-electron chi connectivity index (χ1n) is 6.64. The van der Waals surface area contributed by atoms with Gasteiger partial charge in [-0.15, -0.1) is 5.69 Å². The van der Waals surface area contributed by atoms with Gasteiger partial charge >= 0.3 is 0 Å². The third-order valence-corrected chi connectivity index (χ3v) is 5.82. The monoisotopic (exact) mass is 280 g/mol. The Morgan fingerprint density at radius 2 is 1.89 bits per heavy atom. The summed E-state index contributed by atoms with van der Waals surface area (Å²) in [6, 6.07) is 7.25. The second kappa shape index (κ2) is 6.83. The van der Waals surface area contributed by atoms with E-state index in [1.807, 2.05) is 38.1 Å². The minimum absolute atomic E-state index is 0.125. The van der Waals surface area contributed by atoms with Crippen LogP contribution >= 0.6 is 10.3 Å². The summed E-state index contributed by atoms with van der Waals surface area (Å²) in [7, 11) is 0.831. The van der Waals surface area contributed by atoms with Crippen molar-refractivity contribution in [1.82, 2.24) is 0 Å². The van der Waals surface area contributed by atoms with E-state index in [-0.39, 0.29) is 5.78 Å². The number of carbonyl (C=O) groups is 1. The number of carbonyl (C=O) groups excluding carboxylic acids is 1. The molecule has 1 aromatic carbocycles. The van der Waals surface area contributed by atoms with Crippen LogP contribution in [-0.2, 0) is 0 Å². The Balaban J connectivity index is 2.88. The molecule has 0 fully saturated rings. The number of Topliss-reactive ketones (excluding diaryl/α,β-unsaturated/α-hetero) is 1. The Kier molecular flexibility index (Phi) is 5.71. The SMILES string of the molecule is C#[SH](CCCC)C(C)(C)C(=O)c1ccc(OC)cc1. The fourth-order valence-corrected chi connectivity index (χ4v) is 3.44. The summed E-state index contributed by atoms with van der Waals surface area (Å²) in [5.41, 5.74) is 6.96. The summed E-state index contributed by atoms with van der Waals surface area (Å²) >= 11 is 0. The van der Waals surface area contributed by atoms with Gasteiger partial charge in [-0.2, -0.15) is 10.3 Å². The first-order valence-corrected chi connectivity index (χ1v) is 8.24. The van der Waals surface area contributed by atoms with Gasteiger partial charge in [0.25, 0.3) is 0 Å². The second-order valence-electron chi connectivity index (χ2n) is 5.16. The fourth-order valence-electron chi connectivity index (χ4n) is 1.83. The predicted octanol–water partition coefficient (Wildman–Crippen LogP) is 4.05. The third kappa shape index (κ3) is 3.89. The molecule has 0 aromatic heterocycles. The van der Waals surface area contributed by atoms with E-state index in [0.717, 1.165) is 24.3 Å². The van der Waals surface area contributed by atoms with Gasteiger partial charge in [0.05, 0.1) is 11.9 Å². The Morgan fingerprint density at radius 1 is 1.32 bits per heavy atom. The average Bonchev–Trinajstić information content (AvgIpc) is 2.43. The standard InChI is InChI=1S/C16H24O2S/c1-6-7-12-19(5)16(2,3)15(17)13-8-10-14(18-4)11-9-13/h5,8-11,19H,6-7,12H2,1-4H3. The molecule has 1 rings (SSSR count). The van der Waals surface area contributed by atoms with Gasteiger partial charge in [-0.05, 0) is 50.3 Å². The molecule has 0 aliphatic rings. The number of methoxy groups -OCH3 is 1. The lowest BCUT2D eigenvalue weighted by Crippen LogP contribution is -2.29. The van der Waals surface area contributed by atoms with Gasteiger partial charge < -0.3 is 4.74 Å². The molecule has 0 saturated heterocycles. The Labute approximate surface area is 118 Å². The summed E-state index contributed by atoms with van der Waals surface area (Å²) in [5.74, 6) is 1.83. The highest BCUT2D eigenvalue weighted by Crippen LogP contribution is 2.33. The Hall–Kier alpha value is -1.18. The Bertz CT molecular complexity index is 492. The van der Waals surface area contributed by atoms with Crippen LogP contribution in [0.1, 0.15) is 44.0 Å². The fraction of sp³-hybridized carbons (Fsp3) is 0.500. The number of thiol groups is 1. The molecule has 3 heteroatoms. The summed E-state index contributed by atoms with van der Waals surface area (Å²) < 4.78 is 4.63. The molecule has 0 radical (unpaired) electrons. The van der Waals surface area contributed by atoms with Crippen LogP contribution in [0.3, 0.4) is 0 Å². The van der Waals surface area contributed by atoms with Crippen LogP contribution in [0.4, 0.5) is 0 Å². The van der Waals surface area contributed by atoms with Crippen LogP contribution < -0.4 is 4.74 Å². The quantitative estimate of drug-likeness (QED) is 0.650. The molecular weight excluding hydrogens is 256 g/mol. The van der Waals surface area contributed by atoms with Gasteiger partial charge in [0.1, 0.15) is 5.75 Å². The normalized spacial score (nSPS) is 13.0. The van der Waals surface area contributed by atoms with Gasteiger partial charge in [-0.3, -0.25) is 4.79 Å². The molecule has 106 valence electrons. The van der Waals surface area contributed by atoms with Crippen molar-refractivity contribution in [3.05, 3.63) is 29.8 Å². The maximum atomic E-state index is 12.6. The molecule has 2 nitrogen and oxygen atoms in total. The second-order valence-corrected chi connectivity index (χ2v) is 7.67. The molecule has 0 aliphatic carbocycles. The van der Waals surface area contributed by atoms with Gasteiger partial charge in [0.2, 0.25) is 0 Å². The van der Waals surface area contributed by atoms with Crippen molar-refractivity contribution in [3.63, 3.8) is 0 Å². The van der Waals surface area contributed by atoms with Crippen LogP contribution in [0.2, 0.25) is 0 Å². The predicted molar refractivity (Wildman–Crippen MR) is 85.1 cm³/mol. The Morgan fingerprint density at radius 3 is 2.37 bits per heavy atom. The lowest BCUT2D eigenvalue weighted by Gasteiger charge is -2.26. The van der Waals surface area contributed by atoms with Crippen LogP contribution in [0, 0.1) is 5.69 Å². The maximum absolute atomic E-state index is 12.6. The number of benzene rings is 1. The topological polar surface area (TPSA) is 26.3 Å². The van der Waals surface area contributed by atoms with E-state index in [0.29, 0.717) is 5.56 Å². The van der Waals surface area contributed by atoms with Crippen LogP contribution in [0.15, 0.2) is 24.3 Å². The van der Waals surface area contributed by atoms with Crippen molar-refractivity contribution in [2.24, 2.45) is 0 Å². The van der Waals surface area contributed by atoms with Crippen molar-refractivity contribution in [1.29, 1.82) is 0 Å². The van der Waals surface area contributed by atoms with E-state index in [2.05, 4.69) is 6.92 Å². The first-order chi connectivity index (χ1) is 8.93. The molecule has 1 atom stereocenters. The number of rotatable bonds is 5. The zero-order chi connectivity index (χ0) is 14.5. The van der Waals surface area contributed by atoms with Crippen molar-refractivity contribution in [2.75, 3.05) is 12.9 Å². The van der Waals surface area contributed by atoms with E-state index < -0.39 is 15.0 Å². The van der Waals surface area contributed by atoms with E-state index in [1.165, 1.54) is 0 Å². The maximum Gasteiger partial charge on any atom is 0.177 e. The highest BCUT2D eigenvalue weighted by molar-refractivity contribution is 8.08. The summed E-state index contributed by atoms with van der Waals surface area (Å²) in [6.45, 7) is 6.06. The lowest BCUT2D eigenvalue weighted by atomic mass is 10.0. The van der Waals surface area contributed by atoms with E-state index in [1.54, 1.807) is 7.11 Å². The largest absolute Gasteiger partial charge is 0.497 e. The summed E-state index contributed by atoms with van der Waals surface area (Å²) in [5, 5.41) is 0. The van der Waals surface area contributed by atoms with E-state index >= 15 is 0 Å². The molecule has 0 aliphatic heterocycles. The number of hydrogen-bond acceptors (Lipinski definition) is 2. The smallest absolute Gasteiger partial charge is 0.177 e. The zero-order valence-corrected chi connectivity index (χ0v) is 13.2. The molecule has 0 N–H and O–H groups in total. The van der Waals surface area contributed by atoms with Crippen molar-refractivity contribution >= 4 is 16.1 Å². The van der Waals surface area contributed by atoms with Crippen molar-refractivity contribution < 1.29 is 9.53 Å². The van der Waals surface area contributed by atoms with E-state index in [4.69, 9.17) is 10.4 Å².